The lowest BCUT2D eigenvalue weighted by molar-refractivity contribution is 0.0707. The molecule has 2 unspecified atom stereocenters. The van der Waals surface area contributed by atoms with Crippen molar-refractivity contribution in [2.45, 2.75) is 104 Å². The first-order valence-corrected chi connectivity index (χ1v) is 9.51. The van der Waals surface area contributed by atoms with Crippen LogP contribution in [0.3, 0.4) is 0 Å². The monoisotopic (exact) mass is 294 g/mol. The van der Waals surface area contributed by atoms with E-state index >= 15 is 0 Å². The Kier molecular flexibility index (Phi) is 6.55. The SMILES string of the molecule is CCCN(C(CC(C)C)CC(C)C)C1CC2CCC(C1)N2. The second-order valence-electron chi connectivity index (χ2n) is 8.41. The predicted octanol–water partition coefficient (Wildman–Crippen LogP) is 4.44. The first-order chi connectivity index (χ1) is 9.99. The molecule has 21 heavy (non-hydrogen) atoms. The summed E-state index contributed by atoms with van der Waals surface area (Å²) >= 11 is 0. The van der Waals surface area contributed by atoms with E-state index in [4.69, 9.17) is 0 Å². The third-order valence-electron chi connectivity index (χ3n) is 5.35. The van der Waals surface area contributed by atoms with Crippen LogP contribution in [0.15, 0.2) is 0 Å². The average molecular weight is 295 g/mol. The molecule has 0 aromatic rings. The Morgan fingerprint density at radius 1 is 0.952 bits per heavy atom. The maximum Gasteiger partial charge on any atom is 0.0128 e. The standard InChI is InChI=1S/C19H38N2/c1-6-9-21(18(10-14(2)3)11-15(4)5)19-12-16-7-8-17(13-19)20-16/h14-20H,6-13H2,1-5H3. The van der Waals surface area contributed by atoms with E-state index < -0.39 is 0 Å². The molecule has 0 aliphatic carbocycles. The Morgan fingerprint density at radius 2 is 1.48 bits per heavy atom. The number of hydrogen-bond acceptors (Lipinski definition) is 2. The summed E-state index contributed by atoms with van der Waals surface area (Å²) in [5.74, 6) is 1.62. The van der Waals surface area contributed by atoms with Crippen molar-refractivity contribution >= 4 is 0 Å². The van der Waals surface area contributed by atoms with Crippen molar-refractivity contribution in [1.82, 2.24) is 10.2 Å². The molecule has 2 atom stereocenters. The zero-order valence-electron chi connectivity index (χ0n) is 15.1. The molecule has 2 saturated heterocycles. The van der Waals surface area contributed by atoms with E-state index in [9.17, 15) is 0 Å². The first kappa shape index (κ1) is 17.3. The second-order valence-corrected chi connectivity index (χ2v) is 8.41. The molecule has 1 N–H and O–H groups in total. The van der Waals surface area contributed by atoms with Crippen LogP contribution in [0, 0.1) is 11.8 Å². The van der Waals surface area contributed by atoms with Gasteiger partial charge in [-0.3, -0.25) is 4.90 Å². The number of nitrogens with zero attached hydrogens (tertiary/aromatic N) is 1. The normalized spacial score (nSPS) is 29.3. The van der Waals surface area contributed by atoms with Crippen molar-refractivity contribution in [1.29, 1.82) is 0 Å². The summed E-state index contributed by atoms with van der Waals surface area (Å²) in [4.78, 5) is 2.92. The molecule has 0 spiro atoms. The maximum absolute atomic E-state index is 3.81. The molecular weight excluding hydrogens is 256 g/mol. The van der Waals surface area contributed by atoms with Crippen LogP contribution in [-0.2, 0) is 0 Å². The second kappa shape index (κ2) is 7.97. The van der Waals surface area contributed by atoms with E-state index in [0.717, 1.165) is 36.0 Å². The van der Waals surface area contributed by atoms with Crippen LogP contribution in [0.5, 0.6) is 0 Å². The van der Waals surface area contributed by atoms with E-state index in [1.165, 1.54) is 51.5 Å². The van der Waals surface area contributed by atoms with E-state index in [1.54, 1.807) is 0 Å². The zero-order chi connectivity index (χ0) is 15.4. The van der Waals surface area contributed by atoms with Gasteiger partial charge in [-0.15, -0.1) is 0 Å². The fraction of sp³-hybridized carbons (Fsp3) is 1.00. The number of piperidine rings is 1. The predicted molar refractivity (Wildman–Crippen MR) is 92.7 cm³/mol. The van der Waals surface area contributed by atoms with Gasteiger partial charge in [0.2, 0.25) is 0 Å². The largest absolute Gasteiger partial charge is 0.311 e. The van der Waals surface area contributed by atoms with E-state index in [1.807, 2.05) is 0 Å². The van der Waals surface area contributed by atoms with Crippen molar-refractivity contribution in [2.24, 2.45) is 11.8 Å². The average Bonchev–Trinajstić information content (AvgIpc) is 2.73. The molecule has 2 aliphatic heterocycles. The molecular formula is C19H38N2. The highest BCUT2D eigenvalue weighted by atomic mass is 15.2. The van der Waals surface area contributed by atoms with Crippen molar-refractivity contribution in [2.75, 3.05) is 6.54 Å². The number of hydrogen-bond donors (Lipinski definition) is 1. The highest BCUT2D eigenvalue weighted by Crippen LogP contribution is 2.33. The summed E-state index contributed by atoms with van der Waals surface area (Å²) in [6.07, 6.45) is 9.66. The fourth-order valence-electron chi connectivity index (χ4n) is 4.67. The lowest BCUT2D eigenvalue weighted by atomic mass is 9.90. The number of nitrogens with one attached hydrogen (secondary N) is 1. The van der Waals surface area contributed by atoms with Gasteiger partial charge in [0.25, 0.3) is 0 Å². The van der Waals surface area contributed by atoms with Gasteiger partial charge in [-0.1, -0.05) is 34.6 Å². The number of rotatable bonds is 8. The van der Waals surface area contributed by atoms with Crippen LogP contribution in [0.4, 0.5) is 0 Å². The summed E-state index contributed by atoms with van der Waals surface area (Å²) < 4.78 is 0. The van der Waals surface area contributed by atoms with E-state index in [0.29, 0.717) is 0 Å². The highest BCUT2D eigenvalue weighted by molar-refractivity contribution is 4.97. The van der Waals surface area contributed by atoms with Crippen molar-refractivity contribution in [3.05, 3.63) is 0 Å². The Bertz CT molecular complexity index is 278. The third kappa shape index (κ3) is 4.96. The molecule has 0 aromatic heterocycles. The van der Waals surface area contributed by atoms with Crippen LogP contribution in [0.25, 0.3) is 0 Å². The highest BCUT2D eigenvalue weighted by Gasteiger charge is 2.37. The van der Waals surface area contributed by atoms with Crippen LogP contribution < -0.4 is 5.32 Å². The van der Waals surface area contributed by atoms with Crippen molar-refractivity contribution in [3.63, 3.8) is 0 Å². The number of fused-ring (bicyclic) bond motifs is 2. The van der Waals surface area contributed by atoms with E-state index in [2.05, 4.69) is 44.8 Å². The lowest BCUT2D eigenvalue weighted by Gasteiger charge is -2.43. The van der Waals surface area contributed by atoms with Gasteiger partial charge in [0.05, 0.1) is 0 Å². The molecule has 2 heterocycles. The Hall–Kier alpha value is -0.0800. The topological polar surface area (TPSA) is 15.3 Å². The smallest absolute Gasteiger partial charge is 0.0128 e. The summed E-state index contributed by atoms with van der Waals surface area (Å²) in [7, 11) is 0. The molecule has 0 radical (unpaired) electrons. The van der Waals surface area contributed by atoms with Crippen LogP contribution >= 0.6 is 0 Å². The Balaban J connectivity index is 2.06. The van der Waals surface area contributed by atoms with Gasteiger partial charge in [0.15, 0.2) is 0 Å². The van der Waals surface area contributed by atoms with Gasteiger partial charge >= 0.3 is 0 Å². The van der Waals surface area contributed by atoms with Gasteiger partial charge in [0.1, 0.15) is 0 Å². The quantitative estimate of drug-likeness (QED) is 0.712. The summed E-state index contributed by atoms with van der Waals surface area (Å²) in [6, 6.07) is 3.26. The molecule has 2 fully saturated rings. The molecule has 2 heteroatoms. The van der Waals surface area contributed by atoms with Gasteiger partial charge < -0.3 is 5.32 Å². The van der Waals surface area contributed by atoms with Gasteiger partial charge in [0, 0.05) is 24.2 Å². The molecule has 124 valence electrons. The molecule has 2 rings (SSSR count). The summed E-state index contributed by atoms with van der Waals surface area (Å²) in [6.45, 7) is 13.2. The minimum Gasteiger partial charge on any atom is -0.311 e. The minimum atomic E-state index is 0.799. The third-order valence-corrected chi connectivity index (χ3v) is 5.35. The maximum atomic E-state index is 3.81. The molecule has 0 saturated carbocycles. The lowest BCUT2D eigenvalue weighted by Crippen LogP contribution is -2.52. The fourth-order valence-corrected chi connectivity index (χ4v) is 4.67. The molecule has 2 aliphatic rings. The van der Waals surface area contributed by atoms with Crippen molar-refractivity contribution < 1.29 is 0 Å². The van der Waals surface area contributed by atoms with Gasteiger partial charge in [-0.05, 0) is 63.3 Å². The van der Waals surface area contributed by atoms with Crippen LogP contribution in [-0.4, -0.2) is 35.6 Å². The molecule has 0 amide bonds. The summed E-state index contributed by atoms with van der Waals surface area (Å²) in [5.41, 5.74) is 0. The van der Waals surface area contributed by atoms with E-state index in [-0.39, 0.29) is 0 Å². The van der Waals surface area contributed by atoms with Crippen molar-refractivity contribution in [3.8, 4) is 0 Å². The van der Waals surface area contributed by atoms with Crippen LogP contribution in [0.1, 0.15) is 79.6 Å². The first-order valence-electron chi connectivity index (χ1n) is 9.51. The van der Waals surface area contributed by atoms with Gasteiger partial charge in [-0.25, -0.2) is 0 Å². The molecule has 0 aromatic carbocycles. The Labute approximate surface area is 133 Å². The molecule has 2 bridgehead atoms. The Morgan fingerprint density at radius 3 is 1.90 bits per heavy atom. The summed E-state index contributed by atoms with van der Waals surface area (Å²) in [5, 5.41) is 3.81. The van der Waals surface area contributed by atoms with Crippen LogP contribution in [0.2, 0.25) is 0 Å². The minimum absolute atomic E-state index is 0.799. The van der Waals surface area contributed by atoms with Gasteiger partial charge in [-0.2, -0.15) is 0 Å². The zero-order valence-corrected chi connectivity index (χ0v) is 15.1. The molecule has 2 nitrogen and oxygen atoms in total.